The van der Waals surface area contributed by atoms with Crippen LogP contribution in [-0.4, -0.2) is 44.4 Å². The highest BCUT2D eigenvalue weighted by atomic mass is 32.2. The lowest BCUT2D eigenvalue weighted by molar-refractivity contribution is 0.0941. The standard InChI is InChI=1S/C27H36N2O5S2/c1-2-3-4-5-8-16-34-21-13-11-19(12-14-21)25(30)29-27-24(22-9-6-7-10-23(22)35-27)26(31)28-20-15-17-36(32,33)18-20/h11-14,20H,2-10,15-18H2,1H3,(H,28,31)(H,29,30)/t20-/m0/s1. The van der Waals surface area contributed by atoms with Crippen LogP contribution in [0.1, 0.15) is 89.4 Å². The first-order valence-corrected chi connectivity index (χ1v) is 15.7. The summed E-state index contributed by atoms with van der Waals surface area (Å²) in [6, 6.07) is 6.68. The molecule has 2 amide bonds. The molecule has 36 heavy (non-hydrogen) atoms. The molecule has 0 saturated carbocycles. The van der Waals surface area contributed by atoms with Gasteiger partial charge in [0.25, 0.3) is 11.8 Å². The number of rotatable bonds is 11. The smallest absolute Gasteiger partial charge is 0.256 e. The van der Waals surface area contributed by atoms with E-state index in [0.717, 1.165) is 54.7 Å². The molecule has 1 aromatic heterocycles. The first-order valence-electron chi connectivity index (χ1n) is 13.1. The van der Waals surface area contributed by atoms with Gasteiger partial charge >= 0.3 is 0 Å². The van der Waals surface area contributed by atoms with Gasteiger partial charge in [-0.1, -0.05) is 32.6 Å². The van der Waals surface area contributed by atoms with Crippen molar-refractivity contribution < 1.29 is 22.7 Å². The second-order valence-corrected chi connectivity index (χ2v) is 13.1. The lowest BCUT2D eigenvalue weighted by atomic mass is 9.95. The number of sulfone groups is 1. The van der Waals surface area contributed by atoms with E-state index in [9.17, 15) is 18.0 Å². The number of amides is 2. The number of ether oxygens (including phenoxy) is 1. The summed E-state index contributed by atoms with van der Waals surface area (Å²) in [5, 5.41) is 6.40. The van der Waals surface area contributed by atoms with Gasteiger partial charge in [0.1, 0.15) is 10.8 Å². The van der Waals surface area contributed by atoms with Crippen molar-refractivity contribution in [3.05, 3.63) is 45.8 Å². The molecule has 1 atom stereocenters. The van der Waals surface area contributed by atoms with Crippen LogP contribution in [0.3, 0.4) is 0 Å². The number of unbranched alkanes of at least 4 members (excludes halogenated alkanes) is 4. The topological polar surface area (TPSA) is 102 Å². The van der Waals surface area contributed by atoms with Gasteiger partial charge in [-0.05, 0) is 68.4 Å². The fourth-order valence-electron chi connectivity index (χ4n) is 4.83. The minimum atomic E-state index is -3.10. The average molecular weight is 533 g/mol. The highest BCUT2D eigenvalue weighted by molar-refractivity contribution is 7.91. The number of fused-ring (bicyclic) bond motifs is 1. The number of carbonyl (C=O) groups excluding carboxylic acids is 2. The molecule has 4 rings (SSSR count). The van der Waals surface area contributed by atoms with Crippen LogP contribution >= 0.6 is 11.3 Å². The average Bonchev–Trinajstić information content (AvgIpc) is 3.40. The highest BCUT2D eigenvalue weighted by Crippen LogP contribution is 2.38. The van der Waals surface area contributed by atoms with Crippen LogP contribution in [0, 0.1) is 0 Å². The van der Waals surface area contributed by atoms with Crippen LogP contribution in [0.25, 0.3) is 0 Å². The Morgan fingerprint density at radius 2 is 1.78 bits per heavy atom. The van der Waals surface area contributed by atoms with E-state index in [1.54, 1.807) is 24.3 Å². The summed E-state index contributed by atoms with van der Waals surface area (Å²) < 4.78 is 29.5. The molecule has 0 bridgehead atoms. The van der Waals surface area contributed by atoms with Crippen molar-refractivity contribution in [2.24, 2.45) is 0 Å². The first-order chi connectivity index (χ1) is 17.4. The van der Waals surface area contributed by atoms with Crippen LogP contribution in [0.4, 0.5) is 5.00 Å². The fourth-order valence-corrected chi connectivity index (χ4v) is 7.79. The summed E-state index contributed by atoms with van der Waals surface area (Å²) in [5.41, 5.74) is 1.97. The molecule has 1 aromatic carbocycles. The Balaban J connectivity index is 1.41. The van der Waals surface area contributed by atoms with Gasteiger partial charge in [0.2, 0.25) is 0 Å². The molecular weight excluding hydrogens is 496 g/mol. The van der Waals surface area contributed by atoms with Gasteiger partial charge in [-0.15, -0.1) is 11.3 Å². The Kier molecular flexibility index (Phi) is 9.06. The number of thiophene rings is 1. The van der Waals surface area contributed by atoms with Crippen molar-refractivity contribution in [3.63, 3.8) is 0 Å². The number of benzene rings is 1. The van der Waals surface area contributed by atoms with Crippen LogP contribution in [-0.2, 0) is 22.7 Å². The molecule has 1 aliphatic carbocycles. The lowest BCUT2D eigenvalue weighted by Gasteiger charge is -2.15. The second-order valence-electron chi connectivity index (χ2n) is 9.73. The predicted octanol–water partition coefficient (Wildman–Crippen LogP) is 5.15. The Morgan fingerprint density at radius 1 is 1.03 bits per heavy atom. The van der Waals surface area contributed by atoms with Gasteiger partial charge in [-0.25, -0.2) is 8.42 Å². The van der Waals surface area contributed by atoms with E-state index in [4.69, 9.17) is 4.74 Å². The summed E-state index contributed by atoms with van der Waals surface area (Å²) in [6.45, 7) is 2.86. The molecule has 1 aliphatic heterocycles. The molecule has 1 saturated heterocycles. The SMILES string of the molecule is CCCCCCCOc1ccc(C(=O)Nc2sc3c(c2C(=O)N[C@H]2CCS(=O)(=O)C2)CCCC3)cc1. The summed E-state index contributed by atoms with van der Waals surface area (Å²) in [7, 11) is -3.10. The molecule has 2 N–H and O–H groups in total. The minimum Gasteiger partial charge on any atom is -0.494 e. The molecule has 2 aromatic rings. The number of carbonyl (C=O) groups is 2. The van der Waals surface area contributed by atoms with Gasteiger partial charge < -0.3 is 15.4 Å². The molecule has 7 nitrogen and oxygen atoms in total. The van der Waals surface area contributed by atoms with Crippen molar-refractivity contribution in [1.29, 1.82) is 0 Å². The quantitative estimate of drug-likeness (QED) is 0.390. The maximum absolute atomic E-state index is 13.2. The van der Waals surface area contributed by atoms with E-state index in [0.29, 0.717) is 29.2 Å². The van der Waals surface area contributed by atoms with Gasteiger partial charge in [0, 0.05) is 16.5 Å². The molecule has 0 radical (unpaired) electrons. The Labute approximate surface area is 217 Å². The van der Waals surface area contributed by atoms with E-state index in [-0.39, 0.29) is 29.4 Å². The zero-order chi connectivity index (χ0) is 25.5. The molecule has 1 fully saturated rings. The number of anilines is 1. The van der Waals surface area contributed by atoms with E-state index in [1.807, 2.05) is 0 Å². The second kappa shape index (κ2) is 12.2. The summed E-state index contributed by atoms with van der Waals surface area (Å²) in [4.78, 5) is 27.4. The van der Waals surface area contributed by atoms with Crippen molar-refractivity contribution in [2.75, 3.05) is 23.4 Å². The lowest BCUT2D eigenvalue weighted by Crippen LogP contribution is -2.36. The van der Waals surface area contributed by atoms with Crippen LogP contribution in [0.5, 0.6) is 5.75 Å². The third kappa shape index (κ3) is 6.88. The third-order valence-corrected chi connectivity index (χ3v) is 9.80. The van der Waals surface area contributed by atoms with Gasteiger partial charge in [-0.2, -0.15) is 0 Å². The molecule has 0 unspecified atom stereocenters. The third-order valence-electron chi connectivity index (χ3n) is 6.83. The monoisotopic (exact) mass is 532 g/mol. The van der Waals surface area contributed by atoms with E-state index >= 15 is 0 Å². The number of hydrogen-bond donors (Lipinski definition) is 2. The van der Waals surface area contributed by atoms with Crippen LogP contribution in [0.2, 0.25) is 0 Å². The Bertz CT molecular complexity index is 1170. The predicted molar refractivity (Wildman–Crippen MR) is 144 cm³/mol. The number of hydrogen-bond acceptors (Lipinski definition) is 6. The Morgan fingerprint density at radius 3 is 2.50 bits per heavy atom. The van der Waals surface area contributed by atoms with Crippen molar-refractivity contribution in [3.8, 4) is 5.75 Å². The number of nitrogens with one attached hydrogen (secondary N) is 2. The largest absolute Gasteiger partial charge is 0.494 e. The maximum Gasteiger partial charge on any atom is 0.256 e. The van der Waals surface area contributed by atoms with Crippen molar-refractivity contribution >= 4 is 38.0 Å². The fraction of sp³-hybridized carbons (Fsp3) is 0.556. The molecular formula is C27H36N2O5S2. The van der Waals surface area contributed by atoms with Crippen molar-refractivity contribution in [1.82, 2.24) is 5.32 Å². The zero-order valence-corrected chi connectivity index (χ0v) is 22.6. The molecule has 9 heteroatoms. The van der Waals surface area contributed by atoms with Crippen LogP contribution < -0.4 is 15.4 Å². The van der Waals surface area contributed by atoms with E-state index in [1.165, 1.54) is 30.6 Å². The number of aryl methyl sites for hydroxylation is 1. The summed E-state index contributed by atoms with van der Waals surface area (Å²) >= 11 is 1.46. The highest BCUT2D eigenvalue weighted by Gasteiger charge is 2.32. The van der Waals surface area contributed by atoms with E-state index < -0.39 is 9.84 Å². The summed E-state index contributed by atoms with van der Waals surface area (Å²) in [5.74, 6) is 0.230. The minimum absolute atomic E-state index is 0.0279. The Hall–Kier alpha value is -2.39. The molecule has 2 aliphatic rings. The van der Waals surface area contributed by atoms with Crippen LogP contribution in [0.15, 0.2) is 24.3 Å². The molecule has 0 spiro atoms. The molecule has 196 valence electrons. The zero-order valence-electron chi connectivity index (χ0n) is 20.9. The van der Waals surface area contributed by atoms with Gasteiger partial charge in [-0.3, -0.25) is 9.59 Å². The van der Waals surface area contributed by atoms with E-state index in [2.05, 4.69) is 17.6 Å². The summed E-state index contributed by atoms with van der Waals surface area (Å²) in [6.07, 6.45) is 10.0. The van der Waals surface area contributed by atoms with Gasteiger partial charge in [0.15, 0.2) is 9.84 Å². The normalized spacial score (nSPS) is 18.4. The molecule has 2 heterocycles. The van der Waals surface area contributed by atoms with Crippen molar-refractivity contribution in [2.45, 2.75) is 77.2 Å². The first kappa shape index (κ1) is 26.7. The maximum atomic E-state index is 13.2. The van der Waals surface area contributed by atoms with Gasteiger partial charge in [0.05, 0.1) is 23.7 Å².